The van der Waals surface area contributed by atoms with Crippen LogP contribution < -0.4 is 5.32 Å². The number of carbonyl (C=O) groups is 1. The van der Waals surface area contributed by atoms with Crippen LogP contribution >= 0.6 is 0 Å². The first kappa shape index (κ1) is 9.98. The number of methoxy groups -OCH3 is 1. The zero-order valence-corrected chi connectivity index (χ0v) is 8.56. The topological polar surface area (TPSA) is 63.1 Å². The van der Waals surface area contributed by atoms with Crippen LogP contribution in [0.2, 0.25) is 0 Å². The fourth-order valence-electron chi connectivity index (χ4n) is 1.99. The lowest BCUT2D eigenvalue weighted by atomic mass is 9.94. The molecular formula is C11H14NO3+. The smallest absolute Gasteiger partial charge is 0.369 e. The first-order valence-electron chi connectivity index (χ1n) is 4.95. The Morgan fingerprint density at radius 3 is 3.13 bits per heavy atom. The van der Waals surface area contributed by atoms with Gasteiger partial charge in [0, 0.05) is 12.0 Å². The Bertz CT molecular complexity index is 389. The maximum absolute atomic E-state index is 11.5. The summed E-state index contributed by atoms with van der Waals surface area (Å²) in [6.45, 7) is 0.843. The van der Waals surface area contributed by atoms with E-state index in [0.29, 0.717) is 0 Å². The highest BCUT2D eigenvalue weighted by Crippen LogP contribution is 2.23. The molecule has 3 N–H and O–H groups in total. The quantitative estimate of drug-likeness (QED) is 0.624. The molecule has 0 fully saturated rings. The summed E-state index contributed by atoms with van der Waals surface area (Å²) >= 11 is 0. The Hall–Kier alpha value is -1.55. The molecule has 0 saturated carbocycles. The van der Waals surface area contributed by atoms with E-state index in [1.165, 1.54) is 7.11 Å². The number of aromatic hydroxyl groups is 1. The molecule has 0 radical (unpaired) electrons. The minimum absolute atomic E-state index is 0.235. The summed E-state index contributed by atoms with van der Waals surface area (Å²) in [5.41, 5.74) is 1.99. The van der Waals surface area contributed by atoms with Crippen molar-refractivity contribution in [2.24, 2.45) is 0 Å². The minimum Gasteiger partial charge on any atom is -0.508 e. The largest absolute Gasteiger partial charge is 0.508 e. The molecule has 0 unspecified atom stereocenters. The highest BCUT2D eigenvalue weighted by Gasteiger charge is 2.30. The molecular weight excluding hydrogens is 194 g/mol. The Balaban J connectivity index is 2.38. The zero-order valence-electron chi connectivity index (χ0n) is 8.56. The van der Waals surface area contributed by atoms with Crippen molar-refractivity contribution in [2.45, 2.75) is 12.5 Å². The molecule has 15 heavy (non-hydrogen) atoms. The molecule has 4 nitrogen and oxygen atoms in total. The average Bonchev–Trinajstić information content (AvgIpc) is 2.26. The molecule has 1 aliphatic rings. The number of ether oxygens (including phenoxy) is 1. The van der Waals surface area contributed by atoms with E-state index in [-0.39, 0.29) is 17.8 Å². The van der Waals surface area contributed by atoms with E-state index in [1.807, 2.05) is 5.32 Å². The van der Waals surface area contributed by atoms with Gasteiger partial charge in [0.2, 0.25) is 6.04 Å². The van der Waals surface area contributed by atoms with Gasteiger partial charge in [0.1, 0.15) is 5.75 Å². The van der Waals surface area contributed by atoms with Crippen LogP contribution in [0, 0.1) is 0 Å². The molecule has 0 spiro atoms. The maximum atomic E-state index is 11.5. The van der Waals surface area contributed by atoms with Crippen LogP contribution in [-0.2, 0) is 16.0 Å². The van der Waals surface area contributed by atoms with E-state index in [0.717, 1.165) is 24.1 Å². The Kier molecular flexibility index (Phi) is 2.60. The Morgan fingerprint density at radius 1 is 1.60 bits per heavy atom. The number of hydrogen-bond acceptors (Lipinski definition) is 3. The number of rotatable bonds is 1. The molecule has 0 aliphatic carbocycles. The highest BCUT2D eigenvalue weighted by molar-refractivity contribution is 5.76. The predicted molar refractivity (Wildman–Crippen MR) is 53.4 cm³/mol. The van der Waals surface area contributed by atoms with Crippen LogP contribution in [0.1, 0.15) is 17.2 Å². The van der Waals surface area contributed by atoms with E-state index in [9.17, 15) is 9.90 Å². The lowest BCUT2D eigenvalue weighted by molar-refractivity contribution is -0.687. The predicted octanol–water partition coefficient (Wildman–Crippen LogP) is -0.274. The second-order valence-electron chi connectivity index (χ2n) is 3.66. The van der Waals surface area contributed by atoms with Gasteiger partial charge < -0.3 is 15.2 Å². The van der Waals surface area contributed by atoms with Gasteiger partial charge in [-0.3, -0.25) is 0 Å². The first-order valence-corrected chi connectivity index (χ1v) is 4.95. The number of benzene rings is 1. The third-order valence-corrected chi connectivity index (χ3v) is 2.73. The number of phenols is 1. The van der Waals surface area contributed by atoms with Crippen LogP contribution in [0.15, 0.2) is 18.2 Å². The van der Waals surface area contributed by atoms with Gasteiger partial charge >= 0.3 is 5.97 Å². The zero-order chi connectivity index (χ0) is 10.8. The third-order valence-electron chi connectivity index (χ3n) is 2.73. The van der Waals surface area contributed by atoms with Gasteiger partial charge in [-0.25, -0.2) is 4.79 Å². The second kappa shape index (κ2) is 3.90. The fraction of sp³-hybridized carbons (Fsp3) is 0.364. The molecule has 2 rings (SSSR count). The van der Waals surface area contributed by atoms with E-state index < -0.39 is 0 Å². The number of carbonyl (C=O) groups excluding carboxylic acids is 1. The van der Waals surface area contributed by atoms with Crippen molar-refractivity contribution < 1.29 is 20.0 Å². The monoisotopic (exact) mass is 208 g/mol. The molecule has 80 valence electrons. The van der Waals surface area contributed by atoms with Crippen molar-refractivity contribution >= 4 is 5.97 Å². The van der Waals surface area contributed by atoms with Crippen molar-refractivity contribution in [1.82, 2.24) is 0 Å². The van der Waals surface area contributed by atoms with Crippen LogP contribution in [-0.4, -0.2) is 24.7 Å². The van der Waals surface area contributed by atoms with Gasteiger partial charge in [-0.1, -0.05) is 0 Å². The molecule has 0 bridgehead atoms. The lowest BCUT2D eigenvalue weighted by Gasteiger charge is -2.21. The molecule has 1 heterocycles. The molecule has 0 amide bonds. The maximum Gasteiger partial charge on any atom is 0.369 e. The number of fused-ring (bicyclic) bond motifs is 1. The summed E-state index contributed by atoms with van der Waals surface area (Å²) in [5.74, 6) is 0.0147. The Morgan fingerprint density at radius 2 is 2.40 bits per heavy atom. The normalized spacial score (nSPS) is 19.4. The van der Waals surface area contributed by atoms with Crippen molar-refractivity contribution in [1.29, 1.82) is 0 Å². The van der Waals surface area contributed by atoms with Gasteiger partial charge in [-0.05, 0) is 23.8 Å². The van der Waals surface area contributed by atoms with Crippen LogP contribution in [0.5, 0.6) is 5.75 Å². The molecule has 1 aromatic rings. The number of hydrogen-bond donors (Lipinski definition) is 2. The standard InChI is InChI=1S/C11H13NO3/c1-15-11(14)10-9-3-2-8(13)6-7(9)4-5-12-10/h2-3,6,10,12-13H,4-5H2,1H3/p+1/t10-/m1/s1. The van der Waals surface area contributed by atoms with E-state index in [4.69, 9.17) is 4.74 Å². The summed E-state index contributed by atoms with van der Waals surface area (Å²) in [6.07, 6.45) is 0.872. The van der Waals surface area contributed by atoms with Gasteiger partial charge in [0.05, 0.1) is 13.7 Å². The van der Waals surface area contributed by atoms with Crippen molar-refractivity contribution in [3.05, 3.63) is 29.3 Å². The molecule has 1 aromatic carbocycles. The minimum atomic E-state index is -0.278. The molecule has 1 atom stereocenters. The van der Waals surface area contributed by atoms with Crippen LogP contribution in [0.4, 0.5) is 0 Å². The van der Waals surface area contributed by atoms with E-state index in [2.05, 4.69) is 0 Å². The van der Waals surface area contributed by atoms with E-state index in [1.54, 1.807) is 18.2 Å². The average molecular weight is 208 g/mol. The van der Waals surface area contributed by atoms with Crippen LogP contribution in [0.25, 0.3) is 0 Å². The fourth-order valence-corrected chi connectivity index (χ4v) is 1.99. The summed E-state index contributed by atoms with van der Waals surface area (Å²) in [7, 11) is 1.39. The number of nitrogens with two attached hydrogens (primary N) is 1. The van der Waals surface area contributed by atoms with Crippen molar-refractivity contribution in [2.75, 3.05) is 13.7 Å². The summed E-state index contributed by atoms with van der Waals surface area (Å²) < 4.78 is 4.74. The summed E-state index contributed by atoms with van der Waals surface area (Å²) in [4.78, 5) is 11.5. The van der Waals surface area contributed by atoms with Crippen molar-refractivity contribution in [3.63, 3.8) is 0 Å². The van der Waals surface area contributed by atoms with Gasteiger partial charge in [-0.2, -0.15) is 0 Å². The van der Waals surface area contributed by atoms with Gasteiger partial charge in [0.15, 0.2) is 0 Å². The number of esters is 1. The van der Waals surface area contributed by atoms with Crippen molar-refractivity contribution in [3.8, 4) is 5.75 Å². The molecule has 1 aliphatic heterocycles. The summed E-state index contributed by atoms with van der Waals surface area (Å²) in [6, 6.07) is 4.84. The second-order valence-corrected chi connectivity index (χ2v) is 3.66. The first-order chi connectivity index (χ1) is 7.22. The molecule has 0 aromatic heterocycles. The van der Waals surface area contributed by atoms with Gasteiger partial charge in [0.25, 0.3) is 0 Å². The Labute approximate surface area is 87.9 Å². The SMILES string of the molecule is COC(=O)[C@@H]1[NH2+]CCc2cc(O)ccc21. The van der Waals surface area contributed by atoms with E-state index >= 15 is 0 Å². The lowest BCUT2D eigenvalue weighted by Crippen LogP contribution is -2.88. The molecule has 0 saturated heterocycles. The summed E-state index contributed by atoms with van der Waals surface area (Å²) in [5, 5.41) is 11.3. The third kappa shape index (κ3) is 1.80. The van der Waals surface area contributed by atoms with Gasteiger partial charge in [-0.15, -0.1) is 0 Å². The van der Waals surface area contributed by atoms with Crippen LogP contribution in [0.3, 0.4) is 0 Å². The number of phenolic OH excluding ortho intramolecular Hbond substituents is 1. The molecule has 4 heteroatoms. The highest BCUT2D eigenvalue weighted by atomic mass is 16.5. The number of quaternary nitrogens is 1.